The van der Waals surface area contributed by atoms with E-state index in [1.807, 2.05) is 6.08 Å². The molecule has 196 valence electrons. The predicted molar refractivity (Wildman–Crippen MR) is 138 cm³/mol. The van der Waals surface area contributed by atoms with Crippen molar-refractivity contribution < 1.29 is 19.8 Å². The van der Waals surface area contributed by atoms with Gasteiger partial charge in [-0.2, -0.15) is 0 Å². The zero-order chi connectivity index (χ0) is 26.0. The lowest BCUT2D eigenvalue weighted by Gasteiger charge is -2.71. The van der Waals surface area contributed by atoms with Crippen molar-refractivity contribution in [2.75, 3.05) is 0 Å². The number of allylic oxidation sites excluding steroid dienone is 2. The minimum absolute atomic E-state index is 0.00268. The summed E-state index contributed by atoms with van der Waals surface area (Å²) >= 11 is 0. The molecule has 0 spiro atoms. The molecule has 0 heterocycles. The first-order chi connectivity index (χ1) is 15.9. The topological polar surface area (TPSA) is 74.6 Å². The molecule has 4 heteroatoms. The summed E-state index contributed by atoms with van der Waals surface area (Å²) < 4.78 is 0. The van der Waals surface area contributed by atoms with Gasteiger partial charge >= 0.3 is 5.97 Å². The first-order valence-electron chi connectivity index (χ1n) is 14.1. The Labute approximate surface area is 212 Å². The number of carboxylic acid groups (broad SMARTS) is 1. The summed E-state index contributed by atoms with van der Waals surface area (Å²) in [6.07, 6.45) is 9.27. The van der Waals surface area contributed by atoms with E-state index < -0.39 is 28.8 Å². The van der Waals surface area contributed by atoms with E-state index in [1.165, 1.54) is 24.8 Å². The standard InChI is InChI=1S/C31H48O4/c1-26(2)11-12-28(5)13-14-29(6)18(20(28)17-26)15-21(32)24-30(29,7)10-9-22-27(3,4)23(33)16-19(25(34)35)31(22,24)8/h15,19-20,22-24,33H,9-14,16-17H2,1-8H3,(H,34,35)/t19?,20-,22?,23+,24+,28-,29-,30-,31+/m1/s1. The number of aliphatic hydroxyl groups is 1. The zero-order valence-electron chi connectivity index (χ0n) is 23.3. The van der Waals surface area contributed by atoms with Crippen LogP contribution < -0.4 is 0 Å². The first kappa shape index (κ1) is 25.5. The molecular weight excluding hydrogens is 436 g/mol. The van der Waals surface area contributed by atoms with Crippen LogP contribution in [-0.4, -0.2) is 28.1 Å². The number of hydrogen-bond donors (Lipinski definition) is 2. The van der Waals surface area contributed by atoms with Crippen LogP contribution in [0.15, 0.2) is 11.6 Å². The highest BCUT2D eigenvalue weighted by atomic mass is 16.4. The number of hydrogen-bond acceptors (Lipinski definition) is 3. The largest absolute Gasteiger partial charge is 0.481 e. The van der Waals surface area contributed by atoms with Gasteiger partial charge in [0, 0.05) is 5.92 Å². The summed E-state index contributed by atoms with van der Waals surface area (Å²) in [4.78, 5) is 27.0. The summed E-state index contributed by atoms with van der Waals surface area (Å²) in [5, 5.41) is 21.4. The summed E-state index contributed by atoms with van der Waals surface area (Å²) in [5.74, 6) is -1.28. The molecule has 5 aliphatic carbocycles. The quantitative estimate of drug-likeness (QED) is 0.436. The highest BCUT2D eigenvalue weighted by Gasteiger charge is 2.72. The summed E-state index contributed by atoms with van der Waals surface area (Å²) in [6, 6.07) is 0. The number of carboxylic acids is 1. The molecule has 35 heavy (non-hydrogen) atoms. The van der Waals surface area contributed by atoms with E-state index in [4.69, 9.17) is 0 Å². The molecule has 0 aromatic rings. The number of fused-ring (bicyclic) bond motifs is 7. The molecule has 4 saturated carbocycles. The van der Waals surface area contributed by atoms with E-state index in [-0.39, 0.29) is 45.7 Å². The monoisotopic (exact) mass is 484 g/mol. The van der Waals surface area contributed by atoms with Gasteiger partial charge in [-0.1, -0.05) is 61.0 Å². The Kier molecular flexibility index (Phi) is 5.27. The second-order valence-electron chi connectivity index (χ2n) is 15.7. The number of aliphatic hydroxyl groups excluding tert-OH is 1. The van der Waals surface area contributed by atoms with E-state index in [2.05, 4.69) is 55.4 Å². The molecule has 0 aliphatic heterocycles. The third kappa shape index (κ3) is 3.07. The van der Waals surface area contributed by atoms with Crippen molar-refractivity contribution in [3.8, 4) is 0 Å². The maximum Gasteiger partial charge on any atom is 0.307 e. The Morgan fingerprint density at radius 1 is 0.943 bits per heavy atom. The van der Waals surface area contributed by atoms with E-state index >= 15 is 0 Å². The van der Waals surface area contributed by atoms with Crippen LogP contribution in [0.1, 0.15) is 107 Å². The zero-order valence-corrected chi connectivity index (χ0v) is 23.3. The molecule has 2 N–H and O–H groups in total. The van der Waals surface area contributed by atoms with Gasteiger partial charge in [0.15, 0.2) is 5.78 Å². The van der Waals surface area contributed by atoms with Crippen molar-refractivity contribution in [1.82, 2.24) is 0 Å². The Morgan fingerprint density at radius 2 is 1.57 bits per heavy atom. The van der Waals surface area contributed by atoms with Gasteiger partial charge < -0.3 is 10.2 Å². The summed E-state index contributed by atoms with van der Waals surface area (Å²) in [7, 11) is 0. The van der Waals surface area contributed by atoms with Crippen LogP contribution in [0.5, 0.6) is 0 Å². The van der Waals surface area contributed by atoms with Gasteiger partial charge in [0.2, 0.25) is 0 Å². The molecule has 4 fully saturated rings. The van der Waals surface area contributed by atoms with Crippen LogP contribution in [0.25, 0.3) is 0 Å². The second-order valence-corrected chi connectivity index (χ2v) is 15.7. The van der Waals surface area contributed by atoms with Crippen LogP contribution in [0.4, 0.5) is 0 Å². The molecule has 0 amide bonds. The molecule has 0 aromatic heterocycles. The number of aliphatic carboxylic acids is 1. The lowest BCUT2D eigenvalue weighted by atomic mass is 9.32. The third-order valence-corrected chi connectivity index (χ3v) is 13.2. The normalized spacial score (nSPS) is 52.3. The highest BCUT2D eigenvalue weighted by molar-refractivity contribution is 5.96. The fraction of sp³-hybridized carbons (Fsp3) is 0.871. The predicted octanol–water partition coefficient (Wildman–Crippen LogP) is 6.66. The summed E-state index contributed by atoms with van der Waals surface area (Å²) in [6.45, 7) is 18.3. The number of carbonyl (C=O) groups is 2. The van der Waals surface area contributed by atoms with Crippen molar-refractivity contribution in [3.05, 3.63) is 11.6 Å². The maximum atomic E-state index is 14.4. The van der Waals surface area contributed by atoms with E-state index in [9.17, 15) is 19.8 Å². The van der Waals surface area contributed by atoms with Crippen LogP contribution in [0, 0.1) is 56.2 Å². The van der Waals surface area contributed by atoms with Crippen molar-refractivity contribution in [2.45, 2.75) is 113 Å². The number of carbonyl (C=O) groups excluding carboxylic acids is 1. The number of ketones is 1. The van der Waals surface area contributed by atoms with Gasteiger partial charge in [0.25, 0.3) is 0 Å². The van der Waals surface area contributed by atoms with Crippen LogP contribution in [0.2, 0.25) is 0 Å². The molecule has 0 aromatic carbocycles. The average Bonchev–Trinajstić information content (AvgIpc) is 2.73. The molecular formula is C31H48O4. The lowest BCUT2D eigenvalue weighted by Crippen LogP contribution is -2.69. The van der Waals surface area contributed by atoms with Crippen molar-refractivity contribution in [1.29, 1.82) is 0 Å². The van der Waals surface area contributed by atoms with Crippen molar-refractivity contribution >= 4 is 11.8 Å². The third-order valence-electron chi connectivity index (χ3n) is 13.2. The van der Waals surface area contributed by atoms with E-state index in [0.717, 1.165) is 25.7 Å². The molecule has 9 atom stereocenters. The van der Waals surface area contributed by atoms with Crippen LogP contribution >= 0.6 is 0 Å². The highest BCUT2D eigenvalue weighted by Crippen LogP contribution is 2.75. The molecule has 5 aliphatic rings. The van der Waals surface area contributed by atoms with E-state index in [0.29, 0.717) is 5.92 Å². The molecule has 5 rings (SSSR count). The maximum absolute atomic E-state index is 14.4. The Balaban J connectivity index is 1.68. The Hall–Kier alpha value is -1.16. The van der Waals surface area contributed by atoms with Gasteiger partial charge in [-0.15, -0.1) is 0 Å². The van der Waals surface area contributed by atoms with Gasteiger partial charge in [0.1, 0.15) is 0 Å². The molecule has 0 saturated heterocycles. The molecule has 2 unspecified atom stereocenters. The lowest BCUT2D eigenvalue weighted by molar-refractivity contribution is -0.226. The molecule has 0 bridgehead atoms. The minimum atomic E-state index is -0.853. The van der Waals surface area contributed by atoms with Gasteiger partial charge in [-0.05, 0) is 102 Å². The molecule has 4 nitrogen and oxygen atoms in total. The minimum Gasteiger partial charge on any atom is -0.481 e. The summed E-state index contributed by atoms with van der Waals surface area (Å²) in [5.41, 5.74) is 0.473. The second kappa shape index (κ2) is 7.23. The Morgan fingerprint density at radius 3 is 2.20 bits per heavy atom. The van der Waals surface area contributed by atoms with Crippen molar-refractivity contribution in [2.24, 2.45) is 56.2 Å². The van der Waals surface area contributed by atoms with E-state index in [1.54, 1.807) is 0 Å². The fourth-order valence-corrected chi connectivity index (χ4v) is 10.7. The average molecular weight is 485 g/mol. The first-order valence-corrected chi connectivity index (χ1v) is 14.1. The fourth-order valence-electron chi connectivity index (χ4n) is 10.7. The number of rotatable bonds is 1. The van der Waals surface area contributed by atoms with Gasteiger partial charge in [-0.3, -0.25) is 9.59 Å². The molecule has 0 radical (unpaired) electrons. The van der Waals surface area contributed by atoms with Crippen LogP contribution in [0.3, 0.4) is 0 Å². The Bertz CT molecular complexity index is 992. The smallest absolute Gasteiger partial charge is 0.307 e. The van der Waals surface area contributed by atoms with Crippen molar-refractivity contribution in [3.63, 3.8) is 0 Å². The SMILES string of the molecule is CC1(C)CC[C@]2(C)CC[C@]3(C)C(=CC(=O)[C@@H]4[C@@]5(C)C(C(=O)O)C[C@H](O)C(C)(C)C5CC[C@]43C)[C@H]2C1. The van der Waals surface area contributed by atoms with Gasteiger partial charge in [0.05, 0.1) is 12.0 Å². The van der Waals surface area contributed by atoms with Gasteiger partial charge in [-0.25, -0.2) is 0 Å². The van der Waals surface area contributed by atoms with Crippen LogP contribution in [-0.2, 0) is 9.59 Å².